The zero-order valence-electron chi connectivity index (χ0n) is 17.9. The summed E-state index contributed by atoms with van der Waals surface area (Å²) in [6.45, 7) is 4.16. The van der Waals surface area contributed by atoms with Gasteiger partial charge in [-0.15, -0.1) is 0 Å². The molecule has 7 nitrogen and oxygen atoms in total. The van der Waals surface area contributed by atoms with Gasteiger partial charge in [0.1, 0.15) is 5.69 Å². The number of carbonyl (C=O) groups excluding carboxylic acids is 1. The summed E-state index contributed by atoms with van der Waals surface area (Å²) < 4.78 is 3.54. The molecule has 0 bridgehead atoms. The second-order valence-corrected chi connectivity index (χ2v) is 7.71. The Morgan fingerprint density at radius 3 is 2.41 bits per heavy atom. The van der Waals surface area contributed by atoms with Crippen LogP contribution in [0.4, 0.5) is 0 Å². The SMILES string of the molecule is Cc1nn(CCC(=O)N/N=C\c2cn(-c3ccccc3)nc2-c2ccccc2)c(C)c1Cl. The van der Waals surface area contributed by atoms with Crippen LogP contribution in [0, 0.1) is 13.8 Å². The van der Waals surface area contributed by atoms with E-state index in [-0.39, 0.29) is 12.3 Å². The number of halogens is 1. The first kappa shape index (κ1) is 21.5. The van der Waals surface area contributed by atoms with Crippen molar-refractivity contribution in [2.75, 3.05) is 0 Å². The highest BCUT2D eigenvalue weighted by atomic mass is 35.5. The first-order valence-corrected chi connectivity index (χ1v) is 10.6. The highest BCUT2D eigenvalue weighted by Crippen LogP contribution is 2.22. The molecule has 4 aromatic rings. The number of nitrogens with zero attached hydrogens (tertiary/aromatic N) is 5. The number of benzene rings is 2. The lowest BCUT2D eigenvalue weighted by atomic mass is 10.1. The third-order valence-electron chi connectivity index (χ3n) is 5.05. The predicted octanol–water partition coefficient (Wildman–Crippen LogP) is 4.55. The molecule has 0 radical (unpaired) electrons. The van der Waals surface area contributed by atoms with Crippen LogP contribution in [-0.2, 0) is 11.3 Å². The van der Waals surface area contributed by atoms with Crippen LogP contribution < -0.4 is 5.43 Å². The number of hydrazone groups is 1. The van der Waals surface area contributed by atoms with E-state index in [0.717, 1.165) is 33.9 Å². The Morgan fingerprint density at radius 2 is 1.75 bits per heavy atom. The lowest BCUT2D eigenvalue weighted by Crippen LogP contribution is -2.20. The minimum atomic E-state index is -0.207. The smallest absolute Gasteiger partial charge is 0.241 e. The normalized spacial score (nSPS) is 11.2. The van der Waals surface area contributed by atoms with E-state index < -0.39 is 0 Å². The van der Waals surface area contributed by atoms with Crippen molar-refractivity contribution < 1.29 is 4.79 Å². The van der Waals surface area contributed by atoms with E-state index >= 15 is 0 Å². The Labute approximate surface area is 191 Å². The molecule has 0 atom stereocenters. The number of aryl methyl sites for hydroxylation is 2. The molecule has 162 valence electrons. The highest BCUT2D eigenvalue weighted by Gasteiger charge is 2.12. The average molecular weight is 447 g/mol. The number of hydrogen-bond acceptors (Lipinski definition) is 4. The van der Waals surface area contributed by atoms with Gasteiger partial charge in [-0.05, 0) is 26.0 Å². The highest BCUT2D eigenvalue weighted by molar-refractivity contribution is 6.31. The topological polar surface area (TPSA) is 77.1 Å². The Kier molecular flexibility index (Phi) is 6.47. The van der Waals surface area contributed by atoms with Gasteiger partial charge in [0.2, 0.25) is 5.91 Å². The summed E-state index contributed by atoms with van der Waals surface area (Å²) in [5.74, 6) is -0.207. The third kappa shape index (κ3) is 4.78. The second kappa shape index (κ2) is 9.62. The lowest BCUT2D eigenvalue weighted by Gasteiger charge is -2.03. The van der Waals surface area contributed by atoms with Crippen molar-refractivity contribution in [1.29, 1.82) is 0 Å². The molecule has 1 amide bonds. The van der Waals surface area contributed by atoms with Crippen molar-refractivity contribution in [3.8, 4) is 16.9 Å². The number of para-hydroxylation sites is 1. The summed E-state index contributed by atoms with van der Waals surface area (Å²) in [5.41, 5.74) is 7.68. The van der Waals surface area contributed by atoms with Gasteiger partial charge in [0.05, 0.1) is 34.9 Å². The molecule has 0 fully saturated rings. The van der Waals surface area contributed by atoms with Crippen LogP contribution in [0.25, 0.3) is 16.9 Å². The average Bonchev–Trinajstić information content (AvgIpc) is 3.35. The number of hydrogen-bond donors (Lipinski definition) is 1. The molecular weight excluding hydrogens is 424 g/mol. The first-order valence-electron chi connectivity index (χ1n) is 10.2. The molecule has 0 saturated heterocycles. The quantitative estimate of drug-likeness (QED) is 0.334. The lowest BCUT2D eigenvalue weighted by molar-refractivity contribution is -0.121. The Balaban J connectivity index is 1.48. The van der Waals surface area contributed by atoms with Gasteiger partial charge >= 0.3 is 0 Å². The Bertz CT molecular complexity index is 1240. The van der Waals surface area contributed by atoms with Gasteiger partial charge < -0.3 is 0 Å². The van der Waals surface area contributed by atoms with Crippen LogP contribution in [0.5, 0.6) is 0 Å². The van der Waals surface area contributed by atoms with E-state index in [9.17, 15) is 4.79 Å². The van der Waals surface area contributed by atoms with E-state index in [4.69, 9.17) is 16.7 Å². The maximum Gasteiger partial charge on any atom is 0.241 e. The first-order chi connectivity index (χ1) is 15.5. The fourth-order valence-corrected chi connectivity index (χ4v) is 3.48. The van der Waals surface area contributed by atoms with Crippen molar-refractivity contribution in [3.05, 3.63) is 88.8 Å². The van der Waals surface area contributed by atoms with Gasteiger partial charge in [-0.1, -0.05) is 60.1 Å². The molecule has 2 heterocycles. The summed E-state index contributed by atoms with van der Waals surface area (Å²) in [7, 11) is 0. The van der Waals surface area contributed by atoms with Crippen LogP contribution in [0.3, 0.4) is 0 Å². The maximum atomic E-state index is 12.3. The van der Waals surface area contributed by atoms with Crippen LogP contribution in [0.2, 0.25) is 5.02 Å². The predicted molar refractivity (Wildman–Crippen MR) is 126 cm³/mol. The summed E-state index contributed by atoms with van der Waals surface area (Å²) in [6.07, 6.45) is 3.75. The summed E-state index contributed by atoms with van der Waals surface area (Å²) in [4.78, 5) is 12.3. The molecule has 0 aliphatic heterocycles. The molecular formula is C24H23ClN6O. The van der Waals surface area contributed by atoms with E-state index in [1.807, 2.05) is 80.7 Å². The molecule has 0 saturated carbocycles. The summed E-state index contributed by atoms with van der Waals surface area (Å²) >= 11 is 6.16. The summed E-state index contributed by atoms with van der Waals surface area (Å²) in [6, 6.07) is 19.7. The van der Waals surface area contributed by atoms with Gasteiger partial charge in [0.15, 0.2) is 0 Å². The monoisotopic (exact) mass is 446 g/mol. The Hall–Kier alpha value is -3.71. The molecule has 0 aliphatic carbocycles. The van der Waals surface area contributed by atoms with E-state index in [0.29, 0.717) is 11.6 Å². The molecule has 4 rings (SSSR count). The zero-order chi connectivity index (χ0) is 22.5. The zero-order valence-corrected chi connectivity index (χ0v) is 18.6. The molecule has 0 unspecified atom stereocenters. The number of aromatic nitrogens is 4. The minimum Gasteiger partial charge on any atom is -0.273 e. The standard InChI is InChI=1S/C24H23ClN6O/c1-17-23(25)18(2)30(28-17)14-13-22(32)27-26-15-20-16-31(21-11-7-4-8-12-21)29-24(20)19-9-5-3-6-10-19/h3-12,15-16H,13-14H2,1-2H3,(H,27,32)/b26-15-. The number of amides is 1. The van der Waals surface area contributed by atoms with Gasteiger partial charge in [0.25, 0.3) is 0 Å². The minimum absolute atomic E-state index is 0.207. The number of nitrogens with one attached hydrogen (secondary N) is 1. The molecule has 2 aromatic heterocycles. The van der Waals surface area contributed by atoms with Crippen LogP contribution >= 0.6 is 11.6 Å². The van der Waals surface area contributed by atoms with E-state index in [2.05, 4.69) is 15.6 Å². The largest absolute Gasteiger partial charge is 0.273 e. The van der Waals surface area contributed by atoms with Crippen LogP contribution in [0.15, 0.2) is 72.0 Å². The second-order valence-electron chi connectivity index (χ2n) is 7.33. The number of carbonyl (C=O) groups is 1. The van der Waals surface area contributed by atoms with Crippen LogP contribution in [0.1, 0.15) is 23.4 Å². The molecule has 1 N–H and O–H groups in total. The molecule has 2 aromatic carbocycles. The van der Waals surface area contributed by atoms with E-state index in [1.54, 1.807) is 15.6 Å². The molecule has 8 heteroatoms. The van der Waals surface area contributed by atoms with Crippen molar-refractivity contribution >= 4 is 23.7 Å². The van der Waals surface area contributed by atoms with Gasteiger partial charge in [0, 0.05) is 23.7 Å². The fraction of sp³-hybridized carbons (Fsp3) is 0.167. The Morgan fingerprint density at radius 1 is 1.06 bits per heavy atom. The van der Waals surface area contributed by atoms with Crippen molar-refractivity contribution in [2.45, 2.75) is 26.8 Å². The van der Waals surface area contributed by atoms with Gasteiger partial charge in [-0.3, -0.25) is 9.48 Å². The number of rotatable bonds is 7. The summed E-state index contributed by atoms with van der Waals surface area (Å²) in [5, 5.41) is 13.9. The molecule has 0 spiro atoms. The maximum absolute atomic E-state index is 12.3. The fourth-order valence-electron chi connectivity index (χ4n) is 3.35. The van der Waals surface area contributed by atoms with Crippen molar-refractivity contribution in [2.24, 2.45) is 5.10 Å². The third-order valence-corrected chi connectivity index (χ3v) is 5.59. The van der Waals surface area contributed by atoms with Crippen molar-refractivity contribution in [1.82, 2.24) is 25.0 Å². The molecule has 32 heavy (non-hydrogen) atoms. The molecule has 0 aliphatic rings. The van der Waals surface area contributed by atoms with Gasteiger partial charge in [-0.25, -0.2) is 10.1 Å². The van der Waals surface area contributed by atoms with E-state index in [1.165, 1.54) is 0 Å². The van der Waals surface area contributed by atoms with Crippen LogP contribution in [-0.4, -0.2) is 31.7 Å². The van der Waals surface area contributed by atoms with Gasteiger partial charge in [-0.2, -0.15) is 15.3 Å². The van der Waals surface area contributed by atoms with Crippen molar-refractivity contribution in [3.63, 3.8) is 0 Å².